The normalized spacial score (nSPS) is 10.4. The molecular weight excluding hydrogens is 286 g/mol. The van der Waals surface area contributed by atoms with Crippen LogP contribution in [0.15, 0.2) is 34.9 Å². The second-order valence-corrected chi connectivity index (χ2v) is 4.47. The fraction of sp³-hybridized carbons (Fsp3) is 0.0909. The van der Waals surface area contributed by atoms with E-state index in [1.165, 1.54) is 0 Å². The zero-order valence-corrected chi connectivity index (χ0v) is 10.4. The van der Waals surface area contributed by atoms with Crippen LogP contribution >= 0.6 is 15.9 Å². The van der Waals surface area contributed by atoms with Gasteiger partial charge in [-0.2, -0.15) is 0 Å². The molecule has 0 spiro atoms. The predicted octanol–water partition coefficient (Wildman–Crippen LogP) is 1.60. The van der Waals surface area contributed by atoms with Gasteiger partial charge < -0.3 is 10.3 Å². The highest BCUT2D eigenvalue weighted by atomic mass is 79.9. The number of imide groups is 1. The highest BCUT2D eigenvalue weighted by Crippen LogP contribution is 2.20. The summed E-state index contributed by atoms with van der Waals surface area (Å²) in [5, 5.41) is 3.05. The lowest BCUT2D eigenvalue weighted by Gasteiger charge is -2.04. The van der Waals surface area contributed by atoms with Gasteiger partial charge in [-0.15, -0.1) is 0 Å². The maximum Gasteiger partial charge on any atom is 0.318 e. The molecule has 0 aliphatic heterocycles. The largest absolute Gasteiger partial charge is 0.351 e. The molecule has 17 heavy (non-hydrogen) atoms. The standard InChI is InChI=1S/C11H10BrN3O2/c12-8-1-2-9-7(5-8)3-4-15(9)6-10(16)14-11(13)17/h1-5H,6H2,(H3,13,14,16,17). The molecule has 0 bridgehead atoms. The van der Waals surface area contributed by atoms with Crippen molar-refractivity contribution in [2.45, 2.75) is 6.54 Å². The van der Waals surface area contributed by atoms with E-state index in [9.17, 15) is 9.59 Å². The fourth-order valence-corrected chi connectivity index (χ4v) is 2.02. The molecule has 1 aromatic heterocycles. The number of amides is 3. The fourth-order valence-electron chi connectivity index (χ4n) is 1.64. The molecule has 6 heteroatoms. The summed E-state index contributed by atoms with van der Waals surface area (Å²) in [7, 11) is 0. The minimum Gasteiger partial charge on any atom is -0.351 e. The Balaban J connectivity index is 2.25. The molecule has 0 saturated carbocycles. The van der Waals surface area contributed by atoms with Crippen molar-refractivity contribution in [2.75, 3.05) is 0 Å². The number of hydrogen-bond donors (Lipinski definition) is 2. The molecular formula is C11H10BrN3O2. The Hall–Kier alpha value is -1.82. The van der Waals surface area contributed by atoms with Gasteiger partial charge in [-0.05, 0) is 24.3 Å². The number of carbonyl (C=O) groups excluding carboxylic acids is 2. The van der Waals surface area contributed by atoms with Crippen molar-refractivity contribution in [2.24, 2.45) is 5.73 Å². The van der Waals surface area contributed by atoms with Crippen molar-refractivity contribution < 1.29 is 9.59 Å². The van der Waals surface area contributed by atoms with Crippen LogP contribution in [0.1, 0.15) is 0 Å². The lowest BCUT2D eigenvalue weighted by Crippen LogP contribution is -2.37. The molecule has 0 unspecified atom stereocenters. The van der Waals surface area contributed by atoms with Crippen molar-refractivity contribution in [3.05, 3.63) is 34.9 Å². The van der Waals surface area contributed by atoms with E-state index in [2.05, 4.69) is 15.9 Å². The average molecular weight is 296 g/mol. The summed E-state index contributed by atoms with van der Waals surface area (Å²) in [5.41, 5.74) is 5.79. The number of nitrogens with one attached hydrogen (secondary N) is 1. The molecule has 0 radical (unpaired) electrons. The summed E-state index contributed by atoms with van der Waals surface area (Å²) in [4.78, 5) is 21.9. The van der Waals surface area contributed by atoms with Crippen LogP contribution in [0.3, 0.4) is 0 Å². The number of primary amides is 1. The minimum absolute atomic E-state index is 0.0636. The lowest BCUT2D eigenvalue weighted by molar-refractivity contribution is -0.120. The first-order valence-electron chi connectivity index (χ1n) is 4.90. The zero-order chi connectivity index (χ0) is 12.4. The lowest BCUT2D eigenvalue weighted by atomic mass is 10.2. The zero-order valence-electron chi connectivity index (χ0n) is 8.81. The first kappa shape index (κ1) is 11.7. The second-order valence-electron chi connectivity index (χ2n) is 3.56. The van der Waals surface area contributed by atoms with E-state index >= 15 is 0 Å². The Labute approximate surface area is 106 Å². The molecule has 88 valence electrons. The molecule has 1 aromatic carbocycles. The van der Waals surface area contributed by atoms with Gasteiger partial charge in [0.15, 0.2) is 0 Å². The van der Waals surface area contributed by atoms with Crippen molar-refractivity contribution in [3.63, 3.8) is 0 Å². The van der Waals surface area contributed by atoms with Crippen molar-refractivity contribution in [1.82, 2.24) is 9.88 Å². The van der Waals surface area contributed by atoms with Gasteiger partial charge in [0, 0.05) is 21.6 Å². The van der Waals surface area contributed by atoms with E-state index in [0.29, 0.717) is 0 Å². The van der Waals surface area contributed by atoms with Crippen LogP contribution in [-0.2, 0) is 11.3 Å². The molecule has 0 saturated heterocycles. The molecule has 0 atom stereocenters. The monoisotopic (exact) mass is 295 g/mol. The van der Waals surface area contributed by atoms with Gasteiger partial charge in [0.25, 0.3) is 0 Å². The highest BCUT2D eigenvalue weighted by Gasteiger charge is 2.07. The Morgan fingerprint density at radius 3 is 2.82 bits per heavy atom. The quantitative estimate of drug-likeness (QED) is 0.883. The van der Waals surface area contributed by atoms with Crippen molar-refractivity contribution in [1.29, 1.82) is 0 Å². The predicted molar refractivity (Wildman–Crippen MR) is 67.4 cm³/mol. The molecule has 0 aliphatic rings. The minimum atomic E-state index is -0.839. The number of rotatable bonds is 2. The van der Waals surface area contributed by atoms with Gasteiger partial charge in [-0.3, -0.25) is 10.1 Å². The van der Waals surface area contributed by atoms with Gasteiger partial charge in [-0.25, -0.2) is 4.79 Å². The third kappa shape index (κ3) is 2.65. The number of aromatic nitrogens is 1. The SMILES string of the molecule is NC(=O)NC(=O)Cn1ccc2cc(Br)ccc21. The number of benzene rings is 1. The first-order valence-corrected chi connectivity index (χ1v) is 5.69. The van der Waals surface area contributed by atoms with Gasteiger partial charge in [0.2, 0.25) is 5.91 Å². The molecule has 2 rings (SSSR count). The maximum atomic E-state index is 11.4. The molecule has 0 fully saturated rings. The van der Waals surface area contributed by atoms with Crippen LogP contribution in [0.5, 0.6) is 0 Å². The van der Waals surface area contributed by atoms with Gasteiger partial charge in [0.05, 0.1) is 0 Å². The average Bonchev–Trinajstić information content (AvgIpc) is 2.59. The smallest absolute Gasteiger partial charge is 0.318 e. The van der Waals surface area contributed by atoms with E-state index in [4.69, 9.17) is 5.73 Å². The second kappa shape index (κ2) is 4.58. The Kier molecular flexibility index (Phi) is 3.14. The van der Waals surface area contributed by atoms with Gasteiger partial charge in [-0.1, -0.05) is 15.9 Å². The summed E-state index contributed by atoms with van der Waals surface area (Å²) in [6.07, 6.45) is 1.79. The number of halogens is 1. The topological polar surface area (TPSA) is 77.1 Å². The van der Waals surface area contributed by atoms with E-state index < -0.39 is 11.9 Å². The van der Waals surface area contributed by atoms with Crippen LogP contribution in [0, 0.1) is 0 Å². The van der Waals surface area contributed by atoms with E-state index in [1.807, 2.05) is 29.6 Å². The van der Waals surface area contributed by atoms with Gasteiger partial charge in [0.1, 0.15) is 6.54 Å². The summed E-state index contributed by atoms with van der Waals surface area (Å²) in [6.45, 7) is 0.0636. The van der Waals surface area contributed by atoms with Gasteiger partial charge >= 0.3 is 6.03 Å². The molecule has 3 amide bonds. The molecule has 2 aromatic rings. The summed E-state index contributed by atoms with van der Waals surface area (Å²) >= 11 is 3.38. The number of nitrogens with zero attached hydrogens (tertiary/aromatic N) is 1. The van der Waals surface area contributed by atoms with E-state index in [1.54, 1.807) is 10.8 Å². The van der Waals surface area contributed by atoms with Crippen molar-refractivity contribution >= 4 is 38.8 Å². The van der Waals surface area contributed by atoms with Crippen LogP contribution in [0.2, 0.25) is 0 Å². The van der Waals surface area contributed by atoms with Crippen LogP contribution in [-0.4, -0.2) is 16.5 Å². The Morgan fingerprint density at radius 2 is 2.12 bits per heavy atom. The van der Waals surface area contributed by atoms with Crippen LogP contribution < -0.4 is 11.1 Å². The van der Waals surface area contributed by atoms with E-state index in [0.717, 1.165) is 15.4 Å². The van der Waals surface area contributed by atoms with Crippen molar-refractivity contribution in [3.8, 4) is 0 Å². The maximum absolute atomic E-state index is 11.4. The summed E-state index contributed by atoms with van der Waals surface area (Å²) in [6, 6.07) is 6.81. The molecule has 5 nitrogen and oxygen atoms in total. The molecule has 0 aliphatic carbocycles. The molecule has 1 heterocycles. The number of carbonyl (C=O) groups is 2. The Bertz CT molecular complexity index is 591. The highest BCUT2D eigenvalue weighted by molar-refractivity contribution is 9.10. The number of nitrogens with two attached hydrogens (primary N) is 1. The number of hydrogen-bond acceptors (Lipinski definition) is 2. The van der Waals surface area contributed by atoms with E-state index in [-0.39, 0.29) is 6.54 Å². The third-order valence-electron chi connectivity index (χ3n) is 2.31. The van der Waals surface area contributed by atoms with Crippen LogP contribution in [0.25, 0.3) is 10.9 Å². The van der Waals surface area contributed by atoms with Crippen LogP contribution in [0.4, 0.5) is 4.79 Å². The Morgan fingerprint density at radius 1 is 1.35 bits per heavy atom. The number of urea groups is 1. The third-order valence-corrected chi connectivity index (χ3v) is 2.80. The molecule has 3 N–H and O–H groups in total. The summed E-state index contributed by atoms with van der Waals surface area (Å²) in [5.74, 6) is -0.432. The number of fused-ring (bicyclic) bond motifs is 1. The first-order chi connectivity index (χ1) is 8.06. The summed E-state index contributed by atoms with van der Waals surface area (Å²) < 4.78 is 2.73.